The van der Waals surface area contributed by atoms with Gasteiger partial charge in [0.25, 0.3) is 11.6 Å². The van der Waals surface area contributed by atoms with Gasteiger partial charge in [-0.05, 0) is 25.1 Å². The minimum absolute atomic E-state index is 0.0423. The molecule has 0 bridgehead atoms. The molecular formula is C18H16N4O5. The first-order valence-corrected chi connectivity index (χ1v) is 8.09. The second-order valence-corrected chi connectivity index (χ2v) is 5.64. The predicted octanol–water partition coefficient (Wildman–Crippen LogP) is 3.00. The van der Waals surface area contributed by atoms with Gasteiger partial charge in [-0.3, -0.25) is 20.2 Å². The van der Waals surface area contributed by atoms with E-state index >= 15 is 0 Å². The second kappa shape index (κ2) is 7.24. The number of esters is 1. The highest BCUT2D eigenvalue weighted by Crippen LogP contribution is 2.22. The number of amides is 1. The van der Waals surface area contributed by atoms with Crippen LogP contribution in [0.1, 0.15) is 27.6 Å². The summed E-state index contributed by atoms with van der Waals surface area (Å²) < 4.78 is 6.40. The van der Waals surface area contributed by atoms with Crippen molar-refractivity contribution in [3.8, 4) is 0 Å². The quantitative estimate of drug-likeness (QED) is 0.420. The summed E-state index contributed by atoms with van der Waals surface area (Å²) in [6.45, 7) is 2.48. The van der Waals surface area contributed by atoms with Crippen molar-refractivity contribution in [2.24, 2.45) is 0 Å². The molecule has 0 aliphatic rings. The average Bonchev–Trinajstić information content (AvgIpc) is 3.03. The van der Waals surface area contributed by atoms with E-state index in [1.807, 2.05) is 35.8 Å². The number of non-ortho nitro benzene ring substituents is 1. The number of nitro benzene ring substituents is 1. The van der Waals surface area contributed by atoms with Crippen molar-refractivity contribution in [2.45, 2.75) is 13.5 Å². The molecule has 0 saturated carbocycles. The first kappa shape index (κ1) is 18.1. The van der Waals surface area contributed by atoms with Crippen LogP contribution in [0, 0.1) is 10.1 Å². The third-order valence-electron chi connectivity index (χ3n) is 4.01. The van der Waals surface area contributed by atoms with E-state index in [9.17, 15) is 19.7 Å². The molecule has 0 atom stereocenters. The van der Waals surface area contributed by atoms with Crippen LogP contribution in [0.3, 0.4) is 0 Å². The Morgan fingerprint density at radius 1 is 1.22 bits per heavy atom. The van der Waals surface area contributed by atoms with Gasteiger partial charge in [0.2, 0.25) is 5.95 Å². The van der Waals surface area contributed by atoms with Crippen LogP contribution >= 0.6 is 0 Å². The summed E-state index contributed by atoms with van der Waals surface area (Å²) in [7, 11) is 1.16. The molecule has 3 rings (SSSR count). The minimum Gasteiger partial charge on any atom is -0.465 e. The molecule has 2 aromatic carbocycles. The van der Waals surface area contributed by atoms with E-state index in [4.69, 9.17) is 0 Å². The number of nitro groups is 1. The van der Waals surface area contributed by atoms with Gasteiger partial charge < -0.3 is 9.30 Å². The number of anilines is 1. The fourth-order valence-corrected chi connectivity index (χ4v) is 2.75. The number of benzene rings is 2. The first-order chi connectivity index (χ1) is 12.9. The number of methoxy groups -OCH3 is 1. The van der Waals surface area contributed by atoms with E-state index in [2.05, 4.69) is 15.0 Å². The third kappa shape index (κ3) is 3.47. The largest absolute Gasteiger partial charge is 0.465 e. The highest BCUT2D eigenvalue weighted by Gasteiger charge is 2.20. The molecule has 9 heteroatoms. The van der Waals surface area contributed by atoms with Gasteiger partial charge in [-0.25, -0.2) is 9.78 Å². The number of ether oxygens (including phenoxy) is 1. The maximum atomic E-state index is 12.7. The SMILES string of the molecule is CCn1c(NC(=O)c2cc(C(=O)OC)cc([N+](=O)[O-])c2)nc2ccccc21. The first-order valence-electron chi connectivity index (χ1n) is 8.09. The molecule has 0 aliphatic carbocycles. The van der Waals surface area contributed by atoms with Crippen LogP contribution in [0.5, 0.6) is 0 Å². The van der Waals surface area contributed by atoms with Gasteiger partial charge in [0, 0.05) is 24.2 Å². The molecule has 1 aromatic heterocycles. The number of carbonyl (C=O) groups excluding carboxylic acids is 2. The number of carbonyl (C=O) groups is 2. The molecule has 138 valence electrons. The zero-order valence-electron chi connectivity index (χ0n) is 14.6. The number of rotatable bonds is 5. The zero-order chi connectivity index (χ0) is 19.6. The monoisotopic (exact) mass is 368 g/mol. The van der Waals surface area contributed by atoms with Gasteiger partial charge in [0.1, 0.15) is 0 Å². The Morgan fingerprint density at radius 3 is 2.59 bits per heavy atom. The minimum atomic E-state index is -0.770. The number of imidazole rings is 1. The molecule has 1 N–H and O–H groups in total. The predicted molar refractivity (Wildman–Crippen MR) is 97.8 cm³/mol. The summed E-state index contributed by atoms with van der Waals surface area (Å²) in [5, 5.41) is 13.8. The van der Waals surface area contributed by atoms with Crippen LogP contribution in [0.2, 0.25) is 0 Å². The molecule has 0 aliphatic heterocycles. The van der Waals surface area contributed by atoms with Crippen LogP contribution in [-0.2, 0) is 11.3 Å². The maximum Gasteiger partial charge on any atom is 0.338 e. The second-order valence-electron chi connectivity index (χ2n) is 5.64. The molecule has 0 saturated heterocycles. The molecule has 1 amide bonds. The van der Waals surface area contributed by atoms with Crippen molar-refractivity contribution in [3.05, 3.63) is 63.7 Å². The van der Waals surface area contributed by atoms with Crippen molar-refractivity contribution in [1.29, 1.82) is 0 Å². The highest BCUT2D eigenvalue weighted by atomic mass is 16.6. The molecule has 0 radical (unpaired) electrons. The van der Waals surface area contributed by atoms with Gasteiger partial charge in [-0.1, -0.05) is 12.1 Å². The Balaban J connectivity index is 2.00. The maximum absolute atomic E-state index is 12.7. The fraction of sp³-hybridized carbons (Fsp3) is 0.167. The molecule has 0 unspecified atom stereocenters. The number of hydrogen-bond donors (Lipinski definition) is 1. The zero-order valence-corrected chi connectivity index (χ0v) is 14.6. The van der Waals surface area contributed by atoms with Crippen molar-refractivity contribution in [3.63, 3.8) is 0 Å². The van der Waals surface area contributed by atoms with E-state index in [0.29, 0.717) is 18.0 Å². The van der Waals surface area contributed by atoms with Gasteiger partial charge in [-0.2, -0.15) is 0 Å². The fourth-order valence-electron chi connectivity index (χ4n) is 2.75. The van der Waals surface area contributed by atoms with Crippen molar-refractivity contribution in [1.82, 2.24) is 9.55 Å². The van der Waals surface area contributed by atoms with Crippen LogP contribution in [-0.4, -0.2) is 33.5 Å². The lowest BCUT2D eigenvalue weighted by atomic mass is 10.1. The van der Waals surface area contributed by atoms with E-state index < -0.39 is 16.8 Å². The standard InChI is InChI=1S/C18H16N4O5/c1-3-21-15-7-5-4-6-14(15)19-18(21)20-16(23)11-8-12(17(24)27-2)10-13(9-11)22(25)26/h4-10H,3H2,1-2H3,(H,19,20,23). The summed E-state index contributed by atoms with van der Waals surface area (Å²) in [5.41, 5.74) is 1.06. The van der Waals surface area contributed by atoms with Gasteiger partial charge in [0.15, 0.2) is 0 Å². The van der Waals surface area contributed by atoms with Gasteiger partial charge in [0.05, 0.1) is 28.6 Å². The molecule has 27 heavy (non-hydrogen) atoms. The number of hydrogen-bond acceptors (Lipinski definition) is 6. The number of fused-ring (bicyclic) bond motifs is 1. The molecular weight excluding hydrogens is 352 g/mol. The van der Waals surface area contributed by atoms with E-state index in [0.717, 1.165) is 24.8 Å². The topological polar surface area (TPSA) is 116 Å². The normalized spacial score (nSPS) is 10.6. The third-order valence-corrected chi connectivity index (χ3v) is 4.01. The summed E-state index contributed by atoms with van der Waals surface area (Å²) in [5.74, 6) is -1.07. The Hall–Kier alpha value is -3.75. The lowest BCUT2D eigenvalue weighted by Crippen LogP contribution is -2.17. The number of nitrogens with one attached hydrogen (secondary N) is 1. The number of nitrogens with zero attached hydrogens (tertiary/aromatic N) is 3. The Morgan fingerprint density at radius 2 is 1.93 bits per heavy atom. The summed E-state index contributed by atoms with van der Waals surface area (Å²) in [6, 6.07) is 10.8. The Labute approximate surface area is 153 Å². The van der Waals surface area contributed by atoms with Crippen LogP contribution in [0.4, 0.5) is 11.6 Å². The average molecular weight is 368 g/mol. The number of aryl methyl sites for hydroxylation is 1. The number of aromatic nitrogens is 2. The molecule has 9 nitrogen and oxygen atoms in total. The van der Waals surface area contributed by atoms with Crippen molar-refractivity contribution < 1.29 is 19.2 Å². The smallest absolute Gasteiger partial charge is 0.338 e. The molecule has 1 heterocycles. The Bertz CT molecular complexity index is 1060. The van der Waals surface area contributed by atoms with Crippen LogP contribution in [0.25, 0.3) is 11.0 Å². The van der Waals surface area contributed by atoms with E-state index in [1.165, 1.54) is 6.07 Å². The molecule has 3 aromatic rings. The highest BCUT2D eigenvalue weighted by molar-refractivity contribution is 6.06. The number of para-hydroxylation sites is 2. The van der Waals surface area contributed by atoms with E-state index in [-0.39, 0.29) is 16.8 Å². The van der Waals surface area contributed by atoms with Gasteiger partial charge >= 0.3 is 5.97 Å². The van der Waals surface area contributed by atoms with E-state index in [1.54, 1.807) is 0 Å². The molecule has 0 spiro atoms. The van der Waals surface area contributed by atoms with Gasteiger partial charge in [-0.15, -0.1) is 0 Å². The lowest BCUT2D eigenvalue weighted by molar-refractivity contribution is -0.384. The van der Waals surface area contributed by atoms with Crippen molar-refractivity contribution >= 4 is 34.5 Å². The van der Waals surface area contributed by atoms with Crippen LogP contribution < -0.4 is 5.32 Å². The summed E-state index contributed by atoms with van der Waals surface area (Å²) >= 11 is 0. The Kier molecular flexibility index (Phi) is 4.84. The molecule has 0 fully saturated rings. The van der Waals surface area contributed by atoms with Crippen LogP contribution in [0.15, 0.2) is 42.5 Å². The lowest BCUT2D eigenvalue weighted by Gasteiger charge is -2.08. The summed E-state index contributed by atoms with van der Waals surface area (Å²) in [6.07, 6.45) is 0. The summed E-state index contributed by atoms with van der Waals surface area (Å²) in [4.78, 5) is 39.2. The van der Waals surface area contributed by atoms with Crippen molar-refractivity contribution in [2.75, 3.05) is 12.4 Å².